The van der Waals surface area contributed by atoms with Gasteiger partial charge in [-0.1, -0.05) is 27.7 Å². The van der Waals surface area contributed by atoms with E-state index in [1.165, 1.54) is 7.11 Å². The Bertz CT molecular complexity index is 2940. The number of alkyl halides is 4. The van der Waals surface area contributed by atoms with E-state index in [4.69, 9.17) is 14.6 Å². The minimum Gasteiger partial charge on any atom is -0.495 e. The van der Waals surface area contributed by atoms with Gasteiger partial charge >= 0.3 is 0 Å². The number of amides is 2. The zero-order chi connectivity index (χ0) is 51.7. The maximum Gasteiger partial charge on any atom is 0.280 e. The molecule has 14 nitrogen and oxygen atoms in total. The molecule has 1 atom stereocenters. The Balaban J connectivity index is 0.790. The van der Waals surface area contributed by atoms with Crippen LogP contribution in [0.3, 0.4) is 0 Å². The van der Waals surface area contributed by atoms with Crippen molar-refractivity contribution in [3.63, 3.8) is 0 Å². The molecule has 3 aromatic carbocycles. The van der Waals surface area contributed by atoms with Crippen LogP contribution in [0, 0.1) is 22.2 Å². The van der Waals surface area contributed by atoms with Crippen LogP contribution in [0.2, 0.25) is 0 Å². The molecule has 5 aliphatic rings. The van der Waals surface area contributed by atoms with Crippen molar-refractivity contribution in [3.8, 4) is 28.7 Å². The maximum atomic E-state index is 16.4. The number of aromatic nitrogens is 4. The maximum absolute atomic E-state index is 16.4. The molecule has 1 unspecified atom stereocenters. The van der Waals surface area contributed by atoms with Gasteiger partial charge in [0.05, 0.1) is 44.0 Å². The number of carbonyl (C=O) groups excluding carboxylic acids is 2. The summed E-state index contributed by atoms with van der Waals surface area (Å²) in [5, 5.41) is 22.1. The highest BCUT2D eigenvalue weighted by atomic mass is 19.3. The zero-order valence-corrected chi connectivity index (χ0v) is 42.6. The fourth-order valence-corrected chi connectivity index (χ4v) is 12.9. The number of nitrogens with zero attached hydrogens (tertiary/aromatic N) is 9. The molecule has 1 aliphatic carbocycles. The Hall–Kier alpha value is -6.61. The molecule has 18 heteroatoms. The van der Waals surface area contributed by atoms with Crippen LogP contribution in [0.15, 0.2) is 67.0 Å². The molecule has 0 spiro atoms. The van der Waals surface area contributed by atoms with Gasteiger partial charge in [-0.25, -0.2) is 17.6 Å². The van der Waals surface area contributed by atoms with Crippen LogP contribution in [0.5, 0.6) is 11.5 Å². The number of carbonyl (C=O) groups is 2. The molecule has 386 valence electrons. The lowest BCUT2D eigenvalue weighted by molar-refractivity contribution is -0.164. The number of methoxy groups -OCH3 is 1. The molecular formula is C55H64F4N10O4. The Morgan fingerprint density at radius 3 is 2.32 bits per heavy atom. The highest BCUT2D eigenvalue weighted by Crippen LogP contribution is 2.56. The van der Waals surface area contributed by atoms with Crippen LogP contribution in [-0.4, -0.2) is 112 Å². The van der Waals surface area contributed by atoms with Gasteiger partial charge in [0, 0.05) is 122 Å². The van der Waals surface area contributed by atoms with Crippen LogP contribution in [0.25, 0.3) is 11.1 Å². The second kappa shape index (κ2) is 19.0. The van der Waals surface area contributed by atoms with Gasteiger partial charge in [0.15, 0.2) is 5.82 Å². The van der Waals surface area contributed by atoms with E-state index in [0.717, 1.165) is 29.7 Å². The van der Waals surface area contributed by atoms with Crippen molar-refractivity contribution >= 4 is 29.0 Å². The molecule has 4 aliphatic heterocycles. The van der Waals surface area contributed by atoms with Crippen molar-refractivity contribution in [1.29, 1.82) is 5.26 Å². The Labute approximate surface area is 423 Å². The quantitative estimate of drug-likeness (QED) is 0.128. The van der Waals surface area contributed by atoms with Gasteiger partial charge in [0.2, 0.25) is 5.91 Å². The molecule has 1 N–H and O–H groups in total. The zero-order valence-electron chi connectivity index (χ0n) is 42.6. The molecule has 2 amide bonds. The molecule has 2 aromatic heterocycles. The Morgan fingerprint density at radius 1 is 0.932 bits per heavy atom. The van der Waals surface area contributed by atoms with Crippen molar-refractivity contribution in [1.82, 2.24) is 34.7 Å². The SMILES string of the molecule is COc1cc(OC2C(C)(C)C(NC(=O)c3ccc(N4CCC(N5CCC(n6nc(N7CCCc8cc(-c9cnn(C)c9)c(C(F)F)cc87)c7c6CCN(C(C)=O)C7)CC5)C(F)(F)C4)cc3)C2(C)C)ccc1C#N. The topological polar surface area (TPSA) is 137 Å². The second-order valence-corrected chi connectivity index (χ2v) is 21.7. The number of likely N-dealkylation sites (tertiary alicyclic amines) is 1. The number of hydrogen-bond acceptors (Lipinski definition) is 10. The molecule has 0 bridgehead atoms. The van der Waals surface area contributed by atoms with Gasteiger partial charge in [-0.2, -0.15) is 15.5 Å². The second-order valence-electron chi connectivity index (χ2n) is 21.7. The average Bonchev–Trinajstić information content (AvgIpc) is 3.99. The lowest BCUT2D eigenvalue weighted by Crippen LogP contribution is -2.74. The number of anilines is 3. The molecule has 3 fully saturated rings. The third-order valence-corrected chi connectivity index (χ3v) is 16.4. The summed E-state index contributed by atoms with van der Waals surface area (Å²) >= 11 is 0. The molecule has 5 aromatic rings. The minimum atomic E-state index is -3.01. The van der Waals surface area contributed by atoms with Crippen molar-refractivity contribution < 1.29 is 36.6 Å². The molecular weight excluding hydrogens is 941 g/mol. The third-order valence-electron chi connectivity index (χ3n) is 16.4. The number of fused-ring (bicyclic) bond motifs is 2. The fraction of sp³-hybridized carbons (Fsp3) is 0.509. The number of rotatable bonds is 11. The normalized spacial score (nSPS) is 22.5. The lowest BCUT2D eigenvalue weighted by atomic mass is 9.49. The first-order valence-electron chi connectivity index (χ1n) is 25.4. The van der Waals surface area contributed by atoms with Gasteiger partial charge in [0.25, 0.3) is 18.3 Å². The van der Waals surface area contributed by atoms with Crippen molar-refractivity contribution in [2.75, 3.05) is 56.2 Å². The molecule has 73 heavy (non-hydrogen) atoms. The van der Waals surface area contributed by atoms with E-state index >= 15 is 8.78 Å². The van der Waals surface area contributed by atoms with Crippen LogP contribution >= 0.6 is 0 Å². The van der Waals surface area contributed by atoms with Gasteiger partial charge in [-0.3, -0.25) is 23.9 Å². The van der Waals surface area contributed by atoms with E-state index in [1.807, 2.05) is 43.6 Å². The molecule has 10 rings (SSSR count). The summed E-state index contributed by atoms with van der Waals surface area (Å²) in [7, 11) is 3.26. The number of hydrogen-bond donors (Lipinski definition) is 1. The summed E-state index contributed by atoms with van der Waals surface area (Å²) in [5.74, 6) is -1.65. The first-order chi connectivity index (χ1) is 34.8. The van der Waals surface area contributed by atoms with E-state index < -0.39 is 35.8 Å². The summed E-state index contributed by atoms with van der Waals surface area (Å²) < 4.78 is 77.8. The standard InChI is InChI=1S/C55H64F4N10O4/c1-33(70)66-23-18-44-43(31-66)49(68-20-8-9-35-25-41(37-29-61-64(6)30-37)42(48(56)57)27-45(35)68)63-69(44)39-16-21-65(22-17-39)47-19-24-67(32-55(47,58)59)38-13-10-34(11-14-38)50(71)62-51-53(2,3)52(54(51,4)5)73-40-15-12-36(28-60)46(26-40)72-7/h10-15,25-27,29-30,39,47-48,51-52H,8-9,16-24,31-32H2,1-7H3,(H,62,71). The van der Waals surface area contributed by atoms with Gasteiger partial charge in [-0.15, -0.1) is 0 Å². The lowest BCUT2D eigenvalue weighted by Gasteiger charge is -2.63. The number of piperidine rings is 2. The Morgan fingerprint density at radius 2 is 1.67 bits per heavy atom. The van der Waals surface area contributed by atoms with Crippen LogP contribution in [0.1, 0.15) is 111 Å². The fourth-order valence-electron chi connectivity index (χ4n) is 12.9. The predicted octanol–water partition coefficient (Wildman–Crippen LogP) is 9.25. The van der Waals surface area contributed by atoms with Crippen molar-refractivity contribution in [2.45, 2.75) is 116 Å². The number of halogens is 4. The molecule has 1 saturated carbocycles. The average molecular weight is 1010 g/mol. The summed E-state index contributed by atoms with van der Waals surface area (Å²) in [6, 6.07) is 16.3. The van der Waals surface area contributed by atoms with E-state index in [1.54, 1.807) is 89.4 Å². The number of aryl methyl sites for hydroxylation is 2. The van der Waals surface area contributed by atoms with Crippen LogP contribution in [0.4, 0.5) is 34.8 Å². The van der Waals surface area contributed by atoms with Crippen LogP contribution < -0.4 is 24.6 Å². The summed E-state index contributed by atoms with van der Waals surface area (Å²) in [4.78, 5) is 33.9. The third kappa shape index (κ3) is 9.05. The highest BCUT2D eigenvalue weighted by molar-refractivity contribution is 5.95. The summed E-state index contributed by atoms with van der Waals surface area (Å²) in [5.41, 5.74) is 5.14. The number of ether oxygens (including phenoxy) is 2. The smallest absolute Gasteiger partial charge is 0.280 e. The molecule has 6 heterocycles. The minimum absolute atomic E-state index is 0.0482. The van der Waals surface area contributed by atoms with Crippen molar-refractivity contribution in [2.24, 2.45) is 17.9 Å². The summed E-state index contributed by atoms with van der Waals surface area (Å²) in [6.07, 6.45) is 3.95. The monoisotopic (exact) mass is 1000 g/mol. The number of benzene rings is 3. The van der Waals surface area contributed by atoms with Gasteiger partial charge in [-0.05, 0) is 91.8 Å². The van der Waals surface area contributed by atoms with E-state index in [-0.39, 0.29) is 42.0 Å². The van der Waals surface area contributed by atoms with Crippen LogP contribution in [-0.2, 0) is 31.2 Å². The van der Waals surface area contributed by atoms with Gasteiger partial charge < -0.3 is 29.5 Å². The molecule has 0 radical (unpaired) electrons. The predicted molar refractivity (Wildman–Crippen MR) is 269 cm³/mol. The number of nitrogens with one attached hydrogen (secondary N) is 1. The van der Waals surface area contributed by atoms with Gasteiger partial charge in [0.1, 0.15) is 23.7 Å². The van der Waals surface area contributed by atoms with E-state index in [9.17, 15) is 23.6 Å². The van der Waals surface area contributed by atoms with E-state index in [0.29, 0.717) is 109 Å². The summed E-state index contributed by atoms with van der Waals surface area (Å²) in [6.45, 7) is 12.1. The number of nitriles is 1. The molecule has 2 saturated heterocycles. The first kappa shape index (κ1) is 49.9. The first-order valence-corrected chi connectivity index (χ1v) is 25.4. The Kier molecular flexibility index (Phi) is 13.0. The van der Waals surface area contributed by atoms with Crippen molar-refractivity contribution in [3.05, 3.63) is 101 Å². The largest absolute Gasteiger partial charge is 0.495 e. The highest BCUT2D eigenvalue weighted by Gasteiger charge is 2.64. The van der Waals surface area contributed by atoms with E-state index in [2.05, 4.69) is 21.2 Å².